The van der Waals surface area contributed by atoms with Gasteiger partial charge in [-0.25, -0.2) is 9.97 Å². The third-order valence-electron chi connectivity index (χ3n) is 5.19. The van der Waals surface area contributed by atoms with Gasteiger partial charge >= 0.3 is 0 Å². The Hall–Kier alpha value is -3.37. The average Bonchev–Trinajstić information content (AvgIpc) is 3.19. The van der Waals surface area contributed by atoms with E-state index >= 15 is 0 Å². The fourth-order valence-corrected chi connectivity index (χ4v) is 5.21. The van der Waals surface area contributed by atoms with E-state index in [1.54, 1.807) is 23.5 Å². The summed E-state index contributed by atoms with van der Waals surface area (Å²) in [6.07, 6.45) is 0. The van der Waals surface area contributed by atoms with Gasteiger partial charge in [0, 0.05) is 39.1 Å². The second-order valence-electron chi connectivity index (χ2n) is 7.30. The van der Waals surface area contributed by atoms with Gasteiger partial charge in [0.15, 0.2) is 5.82 Å². The van der Waals surface area contributed by atoms with Crippen LogP contribution in [0, 0.1) is 11.3 Å². The smallest absolute Gasteiger partial charge is 0.163 e. The Morgan fingerprint density at radius 1 is 0.879 bits per heavy atom. The zero-order chi connectivity index (χ0) is 22.8. The van der Waals surface area contributed by atoms with Crippen LogP contribution < -0.4 is 10.6 Å². The largest absolute Gasteiger partial charge is 0.374 e. The van der Waals surface area contributed by atoms with Crippen LogP contribution in [0.5, 0.6) is 0 Å². The fraction of sp³-hybridized carbons (Fsp3) is 0.0800. The highest BCUT2D eigenvalue weighted by molar-refractivity contribution is 7.23. The van der Waals surface area contributed by atoms with E-state index in [0.29, 0.717) is 34.5 Å². The summed E-state index contributed by atoms with van der Waals surface area (Å²) in [5.41, 5.74) is 2.22. The van der Waals surface area contributed by atoms with Gasteiger partial charge in [-0.05, 0) is 36.4 Å². The summed E-state index contributed by atoms with van der Waals surface area (Å²) in [6, 6.07) is 23.4. The van der Waals surface area contributed by atoms with Crippen LogP contribution in [0.1, 0.15) is 5.56 Å². The van der Waals surface area contributed by atoms with Crippen molar-refractivity contribution in [2.75, 3.05) is 23.7 Å². The first-order valence-electron chi connectivity index (χ1n) is 10.3. The van der Waals surface area contributed by atoms with Crippen molar-refractivity contribution in [3.8, 4) is 17.5 Å². The van der Waals surface area contributed by atoms with Gasteiger partial charge in [0.1, 0.15) is 16.9 Å². The van der Waals surface area contributed by atoms with Crippen LogP contribution in [0.3, 0.4) is 0 Å². The van der Waals surface area contributed by atoms with E-state index in [2.05, 4.69) is 16.7 Å². The molecule has 5 rings (SSSR count). The highest BCUT2D eigenvalue weighted by atomic mass is 35.5. The molecule has 5 nitrogen and oxygen atoms in total. The predicted octanol–water partition coefficient (Wildman–Crippen LogP) is 7.21. The number of thiophene rings is 1. The first-order valence-corrected chi connectivity index (χ1v) is 11.8. The Morgan fingerprint density at radius 3 is 2.45 bits per heavy atom. The van der Waals surface area contributed by atoms with E-state index in [0.717, 1.165) is 37.4 Å². The third-order valence-corrected chi connectivity index (χ3v) is 6.86. The van der Waals surface area contributed by atoms with Crippen molar-refractivity contribution in [3.63, 3.8) is 0 Å². The highest BCUT2D eigenvalue weighted by Crippen LogP contribution is 2.35. The second-order valence-corrected chi connectivity index (χ2v) is 9.20. The van der Waals surface area contributed by atoms with Gasteiger partial charge in [-0.1, -0.05) is 53.5 Å². The first-order chi connectivity index (χ1) is 16.1. The number of hydrogen-bond donors (Lipinski definition) is 2. The average molecular weight is 490 g/mol. The fourth-order valence-electron chi connectivity index (χ4n) is 3.64. The zero-order valence-corrected chi connectivity index (χ0v) is 19.6. The Bertz CT molecular complexity index is 1520. The standard InChI is InChI=1S/C25H17Cl2N5S/c26-15-9-10-17(20(27)13-15)24-31-21-7-3-1-6-18(21)23(32-24)29-11-12-30-25-19(14-28)16-5-2-4-8-22(16)33-25/h1-10,13,30H,11-12H2,(H,29,31,32). The number of nitriles is 1. The lowest BCUT2D eigenvalue weighted by molar-refractivity contribution is 1.06. The van der Waals surface area contributed by atoms with E-state index in [1.807, 2.05) is 54.6 Å². The molecule has 0 fully saturated rings. The number of anilines is 2. The monoisotopic (exact) mass is 489 g/mol. The first kappa shape index (κ1) is 21.5. The topological polar surface area (TPSA) is 73.6 Å². The number of nitrogens with zero attached hydrogens (tertiary/aromatic N) is 3. The molecule has 0 atom stereocenters. The molecule has 162 valence electrons. The quantitative estimate of drug-likeness (QED) is 0.246. The minimum atomic E-state index is 0.499. The van der Waals surface area contributed by atoms with Crippen molar-refractivity contribution in [1.29, 1.82) is 5.26 Å². The summed E-state index contributed by atoms with van der Waals surface area (Å²) in [7, 11) is 0. The molecular weight excluding hydrogens is 473 g/mol. The minimum Gasteiger partial charge on any atom is -0.374 e. The summed E-state index contributed by atoms with van der Waals surface area (Å²) in [5.74, 6) is 1.25. The zero-order valence-electron chi connectivity index (χ0n) is 17.3. The maximum atomic E-state index is 9.60. The molecule has 0 spiro atoms. The van der Waals surface area contributed by atoms with Gasteiger partial charge < -0.3 is 10.6 Å². The minimum absolute atomic E-state index is 0.499. The maximum absolute atomic E-state index is 9.60. The second kappa shape index (κ2) is 9.24. The molecule has 8 heteroatoms. The lowest BCUT2D eigenvalue weighted by Gasteiger charge is -2.12. The van der Waals surface area contributed by atoms with Gasteiger partial charge in [-0.2, -0.15) is 5.26 Å². The molecule has 0 aliphatic heterocycles. The Labute approximate surface area is 204 Å². The molecule has 0 unspecified atom stereocenters. The van der Waals surface area contributed by atoms with Crippen LogP contribution in [-0.4, -0.2) is 23.1 Å². The molecule has 0 bridgehead atoms. The van der Waals surface area contributed by atoms with E-state index < -0.39 is 0 Å². The lowest BCUT2D eigenvalue weighted by Crippen LogP contribution is -2.15. The summed E-state index contributed by atoms with van der Waals surface area (Å²) < 4.78 is 1.09. The van der Waals surface area contributed by atoms with Crippen LogP contribution in [-0.2, 0) is 0 Å². The highest BCUT2D eigenvalue weighted by Gasteiger charge is 2.13. The number of benzene rings is 3. The molecule has 33 heavy (non-hydrogen) atoms. The van der Waals surface area contributed by atoms with E-state index in [4.69, 9.17) is 33.2 Å². The van der Waals surface area contributed by atoms with Crippen molar-refractivity contribution in [2.24, 2.45) is 0 Å². The molecule has 0 aliphatic rings. The van der Waals surface area contributed by atoms with E-state index in [-0.39, 0.29) is 0 Å². The summed E-state index contributed by atoms with van der Waals surface area (Å²) in [6.45, 7) is 1.23. The Kier molecular flexibility index (Phi) is 6.01. The summed E-state index contributed by atoms with van der Waals surface area (Å²) in [5, 5.41) is 20.2. The van der Waals surface area contributed by atoms with Crippen molar-refractivity contribution in [2.45, 2.75) is 0 Å². The van der Waals surface area contributed by atoms with Crippen molar-refractivity contribution in [3.05, 3.63) is 82.3 Å². The third kappa shape index (κ3) is 4.31. The number of nitrogens with one attached hydrogen (secondary N) is 2. The molecular formula is C25H17Cl2N5S. The van der Waals surface area contributed by atoms with E-state index in [9.17, 15) is 5.26 Å². The van der Waals surface area contributed by atoms with Crippen molar-refractivity contribution in [1.82, 2.24) is 9.97 Å². The molecule has 2 heterocycles. The molecule has 2 N–H and O–H groups in total. The number of rotatable bonds is 6. The molecule has 3 aromatic carbocycles. The van der Waals surface area contributed by atoms with Crippen LogP contribution in [0.25, 0.3) is 32.4 Å². The number of fused-ring (bicyclic) bond motifs is 2. The van der Waals surface area contributed by atoms with Gasteiger partial charge in [0.2, 0.25) is 0 Å². The van der Waals surface area contributed by atoms with Crippen LogP contribution >= 0.6 is 34.5 Å². The molecule has 0 radical (unpaired) electrons. The number of aromatic nitrogens is 2. The Morgan fingerprint density at radius 2 is 1.64 bits per heavy atom. The normalized spacial score (nSPS) is 10.9. The Balaban J connectivity index is 1.38. The molecule has 0 saturated carbocycles. The van der Waals surface area contributed by atoms with Crippen LogP contribution in [0.2, 0.25) is 10.0 Å². The van der Waals surface area contributed by atoms with Crippen LogP contribution in [0.4, 0.5) is 10.8 Å². The summed E-state index contributed by atoms with van der Waals surface area (Å²) in [4.78, 5) is 9.44. The van der Waals surface area contributed by atoms with Gasteiger partial charge in [-0.3, -0.25) is 0 Å². The lowest BCUT2D eigenvalue weighted by atomic mass is 10.2. The molecule has 2 aromatic heterocycles. The van der Waals surface area contributed by atoms with Gasteiger partial charge in [0.25, 0.3) is 0 Å². The maximum Gasteiger partial charge on any atom is 0.163 e. The van der Waals surface area contributed by atoms with Crippen LogP contribution in [0.15, 0.2) is 66.7 Å². The van der Waals surface area contributed by atoms with E-state index in [1.165, 1.54) is 0 Å². The molecule has 0 aliphatic carbocycles. The van der Waals surface area contributed by atoms with Gasteiger partial charge in [-0.15, -0.1) is 11.3 Å². The number of hydrogen-bond acceptors (Lipinski definition) is 6. The van der Waals surface area contributed by atoms with Crippen molar-refractivity contribution < 1.29 is 0 Å². The SMILES string of the molecule is N#Cc1c(NCCNc2nc(-c3ccc(Cl)cc3Cl)nc3ccccc23)sc2ccccc12. The molecule has 5 aromatic rings. The number of halogens is 2. The molecule has 0 saturated heterocycles. The number of para-hydroxylation sites is 1. The summed E-state index contributed by atoms with van der Waals surface area (Å²) >= 11 is 14.0. The predicted molar refractivity (Wildman–Crippen MR) is 139 cm³/mol. The molecule has 0 amide bonds. The van der Waals surface area contributed by atoms with Gasteiger partial charge in [0.05, 0.1) is 16.1 Å². The van der Waals surface area contributed by atoms with Crippen molar-refractivity contribution >= 4 is 66.3 Å².